The quantitative estimate of drug-likeness (QED) is 0.852. The van der Waals surface area contributed by atoms with E-state index in [-0.39, 0.29) is 0 Å². The van der Waals surface area contributed by atoms with Crippen molar-refractivity contribution in [3.05, 3.63) is 29.5 Å². The van der Waals surface area contributed by atoms with Gasteiger partial charge in [-0.2, -0.15) is 0 Å². The molecule has 18 heavy (non-hydrogen) atoms. The Balaban J connectivity index is 2.04. The van der Waals surface area contributed by atoms with E-state index in [1.54, 1.807) is 7.11 Å². The summed E-state index contributed by atoms with van der Waals surface area (Å²) in [6.07, 6.45) is 2.45. The normalized spacial score (nSPS) is 17.2. The van der Waals surface area contributed by atoms with Gasteiger partial charge in [-0.3, -0.25) is 0 Å². The minimum Gasteiger partial charge on any atom is -0.497 e. The Morgan fingerprint density at radius 2 is 2.00 bits per heavy atom. The fraction of sp³-hybridized carbons (Fsp3) is 0.467. The molecule has 3 heteroatoms. The summed E-state index contributed by atoms with van der Waals surface area (Å²) in [7, 11) is 1.72. The molecule has 96 valence electrons. The van der Waals surface area contributed by atoms with Gasteiger partial charge in [-0.05, 0) is 56.6 Å². The number of nitrogens with one attached hydrogen (secondary N) is 2. The molecule has 2 aromatic rings. The van der Waals surface area contributed by atoms with Gasteiger partial charge >= 0.3 is 0 Å². The van der Waals surface area contributed by atoms with E-state index in [0.717, 1.165) is 18.8 Å². The highest BCUT2D eigenvalue weighted by atomic mass is 16.5. The molecule has 0 bridgehead atoms. The number of H-pyrrole nitrogens is 1. The van der Waals surface area contributed by atoms with E-state index in [4.69, 9.17) is 4.74 Å². The molecule has 1 aliphatic rings. The summed E-state index contributed by atoms with van der Waals surface area (Å²) in [5, 5.41) is 4.72. The summed E-state index contributed by atoms with van der Waals surface area (Å²) >= 11 is 0. The lowest BCUT2D eigenvalue weighted by Gasteiger charge is -2.22. The Labute approximate surface area is 108 Å². The Morgan fingerprint density at radius 3 is 2.72 bits per heavy atom. The van der Waals surface area contributed by atoms with Crippen molar-refractivity contribution in [2.24, 2.45) is 0 Å². The predicted molar refractivity (Wildman–Crippen MR) is 74.4 cm³/mol. The summed E-state index contributed by atoms with van der Waals surface area (Å²) in [6.45, 7) is 4.47. The third-order valence-corrected chi connectivity index (χ3v) is 4.05. The van der Waals surface area contributed by atoms with E-state index in [1.807, 2.05) is 6.07 Å². The SMILES string of the molecule is COc1ccc2[nH]c(C3CCNCC3)c(C)c2c1. The van der Waals surface area contributed by atoms with E-state index in [1.165, 1.54) is 35.0 Å². The van der Waals surface area contributed by atoms with Crippen molar-refractivity contribution in [3.63, 3.8) is 0 Å². The number of aryl methyl sites for hydroxylation is 1. The smallest absolute Gasteiger partial charge is 0.119 e. The van der Waals surface area contributed by atoms with Crippen molar-refractivity contribution in [2.45, 2.75) is 25.7 Å². The molecule has 2 heterocycles. The van der Waals surface area contributed by atoms with Crippen LogP contribution in [0.25, 0.3) is 10.9 Å². The van der Waals surface area contributed by atoms with Crippen LogP contribution < -0.4 is 10.1 Å². The Kier molecular flexibility index (Phi) is 3.00. The predicted octanol–water partition coefficient (Wildman–Crippen LogP) is 2.95. The van der Waals surface area contributed by atoms with Crippen molar-refractivity contribution in [2.75, 3.05) is 20.2 Å². The van der Waals surface area contributed by atoms with E-state index < -0.39 is 0 Å². The van der Waals surface area contributed by atoms with Gasteiger partial charge in [-0.25, -0.2) is 0 Å². The molecular weight excluding hydrogens is 224 g/mol. The van der Waals surface area contributed by atoms with Crippen LogP contribution in [0.3, 0.4) is 0 Å². The first-order valence-electron chi connectivity index (χ1n) is 6.66. The summed E-state index contributed by atoms with van der Waals surface area (Å²) in [4.78, 5) is 3.60. The summed E-state index contributed by atoms with van der Waals surface area (Å²) in [5.41, 5.74) is 4.03. The van der Waals surface area contributed by atoms with Crippen LogP contribution in [0.4, 0.5) is 0 Å². The van der Waals surface area contributed by atoms with Crippen LogP contribution in [-0.2, 0) is 0 Å². The molecule has 0 amide bonds. The lowest BCUT2D eigenvalue weighted by atomic mass is 9.92. The molecule has 0 radical (unpaired) electrons. The second kappa shape index (κ2) is 4.65. The Bertz CT molecular complexity index is 553. The maximum absolute atomic E-state index is 5.31. The van der Waals surface area contributed by atoms with Gasteiger partial charge in [0.25, 0.3) is 0 Å². The highest BCUT2D eigenvalue weighted by Gasteiger charge is 2.20. The van der Waals surface area contributed by atoms with Crippen molar-refractivity contribution >= 4 is 10.9 Å². The lowest BCUT2D eigenvalue weighted by Crippen LogP contribution is -2.27. The molecule has 1 fully saturated rings. The number of aromatic nitrogens is 1. The largest absolute Gasteiger partial charge is 0.497 e. The monoisotopic (exact) mass is 244 g/mol. The average molecular weight is 244 g/mol. The first-order chi connectivity index (χ1) is 8.79. The van der Waals surface area contributed by atoms with E-state index in [9.17, 15) is 0 Å². The number of piperidine rings is 1. The molecule has 1 aromatic heterocycles. The van der Waals surface area contributed by atoms with Gasteiger partial charge in [0.2, 0.25) is 0 Å². The number of rotatable bonds is 2. The first kappa shape index (κ1) is 11.6. The number of benzene rings is 1. The van der Waals surface area contributed by atoms with Crippen LogP contribution in [0.1, 0.15) is 30.0 Å². The highest BCUT2D eigenvalue weighted by Crippen LogP contribution is 2.33. The van der Waals surface area contributed by atoms with Gasteiger partial charge in [0, 0.05) is 22.5 Å². The maximum Gasteiger partial charge on any atom is 0.119 e. The standard InChI is InChI=1S/C15H20N2O/c1-10-13-9-12(18-2)3-4-14(13)17-15(10)11-5-7-16-8-6-11/h3-4,9,11,16-17H,5-8H2,1-2H3. The van der Waals surface area contributed by atoms with Crippen molar-refractivity contribution in [1.29, 1.82) is 0 Å². The van der Waals surface area contributed by atoms with Crippen LogP contribution in [0.15, 0.2) is 18.2 Å². The molecule has 1 aromatic carbocycles. The fourth-order valence-electron chi connectivity index (χ4n) is 2.97. The number of aromatic amines is 1. The Hall–Kier alpha value is -1.48. The van der Waals surface area contributed by atoms with Crippen molar-refractivity contribution < 1.29 is 4.74 Å². The molecular formula is C15H20N2O. The van der Waals surface area contributed by atoms with E-state index >= 15 is 0 Å². The van der Waals surface area contributed by atoms with Crippen LogP contribution in [0.2, 0.25) is 0 Å². The molecule has 3 rings (SSSR count). The topological polar surface area (TPSA) is 37.0 Å². The number of methoxy groups -OCH3 is 1. The fourth-order valence-corrected chi connectivity index (χ4v) is 2.97. The molecule has 0 spiro atoms. The molecule has 2 N–H and O–H groups in total. The first-order valence-corrected chi connectivity index (χ1v) is 6.66. The maximum atomic E-state index is 5.31. The molecule has 0 aliphatic carbocycles. The zero-order chi connectivity index (χ0) is 12.5. The third-order valence-electron chi connectivity index (χ3n) is 4.05. The van der Waals surface area contributed by atoms with E-state index in [2.05, 4.69) is 29.4 Å². The number of hydrogen-bond acceptors (Lipinski definition) is 2. The van der Waals surface area contributed by atoms with Gasteiger partial charge in [0.15, 0.2) is 0 Å². The van der Waals surface area contributed by atoms with Crippen LogP contribution in [0.5, 0.6) is 5.75 Å². The minimum atomic E-state index is 0.671. The molecule has 1 aliphatic heterocycles. The van der Waals surface area contributed by atoms with E-state index in [0.29, 0.717) is 5.92 Å². The van der Waals surface area contributed by atoms with Gasteiger partial charge in [0.05, 0.1) is 7.11 Å². The summed E-state index contributed by atoms with van der Waals surface area (Å²) < 4.78 is 5.31. The van der Waals surface area contributed by atoms with Crippen LogP contribution >= 0.6 is 0 Å². The zero-order valence-corrected chi connectivity index (χ0v) is 11.0. The molecule has 0 atom stereocenters. The summed E-state index contributed by atoms with van der Waals surface area (Å²) in [6, 6.07) is 6.27. The number of ether oxygens (including phenoxy) is 1. The Morgan fingerprint density at radius 1 is 1.22 bits per heavy atom. The van der Waals surface area contributed by atoms with Gasteiger partial charge in [-0.1, -0.05) is 0 Å². The number of hydrogen-bond donors (Lipinski definition) is 2. The van der Waals surface area contributed by atoms with Gasteiger partial charge < -0.3 is 15.0 Å². The van der Waals surface area contributed by atoms with Crippen LogP contribution in [0, 0.1) is 6.92 Å². The van der Waals surface area contributed by atoms with Gasteiger partial charge in [-0.15, -0.1) is 0 Å². The summed E-state index contributed by atoms with van der Waals surface area (Å²) in [5.74, 6) is 1.60. The third kappa shape index (κ3) is 1.89. The van der Waals surface area contributed by atoms with Gasteiger partial charge in [0.1, 0.15) is 5.75 Å². The van der Waals surface area contributed by atoms with Crippen molar-refractivity contribution in [1.82, 2.24) is 10.3 Å². The molecule has 1 saturated heterocycles. The molecule has 0 saturated carbocycles. The lowest BCUT2D eigenvalue weighted by molar-refractivity contribution is 0.415. The second-order valence-electron chi connectivity index (χ2n) is 5.10. The number of fused-ring (bicyclic) bond motifs is 1. The second-order valence-corrected chi connectivity index (χ2v) is 5.10. The van der Waals surface area contributed by atoms with Crippen LogP contribution in [-0.4, -0.2) is 25.2 Å². The zero-order valence-electron chi connectivity index (χ0n) is 11.0. The molecule has 3 nitrogen and oxygen atoms in total. The average Bonchev–Trinajstić information content (AvgIpc) is 2.77. The highest BCUT2D eigenvalue weighted by molar-refractivity contribution is 5.86. The van der Waals surface area contributed by atoms with Crippen molar-refractivity contribution in [3.8, 4) is 5.75 Å². The minimum absolute atomic E-state index is 0.671. The molecule has 0 unspecified atom stereocenters.